The van der Waals surface area contributed by atoms with E-state index in [0.717, 1.165) is 0 Å². The Morgan fingerprint density at radius 2 is 1.80 bits per heavy atom. The Balaban J connectivity index is 1.86. The maximum Gasteiger partial charge on any atom is 0.0740 e. The van der Waals surface area contributed by atoms with Gasteiger partial charge in [0.05, 0.1) is 6.04 Å². The van der Waals surface area contributed by atoms with Gasteiger partial charge in [0.1, 0.15) is 0 Å². The number of thiophene rings is 2. The van der Waals surface area contributed by atoms with Crippen LogP contribution in [0.1, 0.15) is 64.7 Å². The molecule has 1 unspecified atom stereocenters. The summed E-state index contributed by atoms with van der Waals surface area (Å²) in [7, 11) is 0. The predicted molar refractivity (Wildman–Crippen MR) is 90.0 cm³/mol. The van der Waals surface area contributed by atoms with Gasteiger partial charge in [-0.15, -0.1) is 22.7 Å². The number of nitrogens with two attached hydrogens (primary N) is 1. The molecule has 2 aromatic rings. The Kier molecular flexibility index (Phi) is 3.78. The van der Waals surface area contributed by atoms with Gasteiger partial charge in [-0.05, 0) is 54.9 Å². The molecule has 1 aliphatic carbocycles. The van der Waals surface area contributed by atoms with Crippen molar-refractivity contribution in [3.63, 3.8) is 0 Å². The second kappa shape index (κ2) is 5.28. The molecule has 1 atom stereocenters. The smallest absolute Gasteiger partial charge is 0.0740 e. The lowest BCUT2D eigenvalue weighted by Crippen LogP contribution is -2.09. The molecular weight excluding hydrogens is 282 g/mol. The number of hydrogen-bond donors (Lipinski definition) is 1. The van der Waals surface area contributed by atoms with E-state index in [1.165, 1.54) is 40.3 Å². The van der Waals surface area contributed by atoms with Crippen molar-refractivity contribution in [2.24, 2.45) is 5.73 Å². The molecule has 3 heteroatoms. The summed E-state index contributed by atoms with van der Waals surface area (Å²) in [6.07, 6.45) is 5.18. The molecule has 0 bridgehead atoms. The summed E-state index contributed by atoms with van der Waals surface area (Å²) in [5, 5.41) is 0. The first-order chi connectivity index (χ1) is 9.45. The van der Waals surface area contributed by atoms with Crippen LogP contribution in [0.2, 0.25) is 0 Å². The van der Waals surface area contributed by atoms with Gasteiger partial charge in [0, 0.05) is 19.5 Å². The first-order valence-electron chi connectivity index (χ1n) is 7.42. The molecule has 0 saturated heterocycles. The van der Waals surface area contributed by atoms with Crippen LogP contribution >= 0.6 is 22.7 Å². The van der Waals surface area contributed by atoms with Gasteiger partial charge < -0.3 is 5.73 Å². The standard InChI is InChI=1S/C17H23NS2/c1-17(2,3)15-9-8-13(20-15)16(18)14-10-11-6-4-5-7-12(11)19-14/h8-10,16H,4-7,18H2,1-3H3. The van der Waals surface area contributed by atoms with E-state index in [1.807, 2.05) is 22.7 Å². The minimum atomic E-state index is 0.0618. The van der Waals surface area contributed by atoms with E-state index in [1.54, 1.807) is 10.4 Å². The first-order valence-corrected chi connectivity index (χ1v) is 9.06. The van der Waals surface area contributed by atoms with Crippen molar-refractivity contribution >= 4 is 22.7 Å². The van der Waals surface area contributed by atoms with Crippen molar-refractivity contribution in [2.45, 2.75) is 57.9 Å². The van der Waals surface area contributed by atoms with Gasteiger partial charge in [0.15, 0.2) is 0 Å². The molecule has 1 aliphatic rings. The molecule has 3 rings (SSSR count). The van der Waals surface area contributed by atoms with E-state index in [9.17, 15) is 0 Å². The van der Waals surface area contributed by atoms with Crippen LogP contribution in [-0.4, -0.2) is 0 Å². The molecule has 20 heavy (non-hydrogen) atoms. The Morgan fingerprint density at radius 1 is 1.05 bits per heavy atom. The summed E-state index contributed by atoms with van der Waals surface area (Å²) in [6.45, 7) is 6.79. The van der Waals surface area contributed by atoms with Gasteiger partial charge in [-0.1, -0.05) is 20.8 Å². The zero-order valence-corrected chi connectivity index (χ0v) is 14.2. The van der Waals surface area contributed by atoms with Crippen LogP contribution in [0.25, 0.3) is 0 Å². The zero-order chi connectivity index (χ0) is 14.3. The third-order valence-corrected chi connectivity index (χ3v) is 6.91. The van der Waals surface area contributed by atoms with E-state index in [4.69, 9.17) is 5.73 Å². The van der Waals surface area contributed by atoms with Crippen molar-refractivity contribution in [2.75, 3.05) is 0 Å². The molecule has 2 N–H and O–H groups in total. The summed E-state index contributed by atoms with van der Waals surface area (Å²) < 4.78 is 0. The highest BCUT2D eigenvalue weighted by atomic mass is 32.1. The molecule has 0 fully saturated rings. The summed E-state index contributed by atoms with van der Waals surface area (Å²) in [4.78, 5) is 5.64. The monoisotopic (exact) mass is 305 g/mol. The molecule has 2 heterocycles. The number of fused-ring (bicyclic) bond motifs is 1. The van der Waals surface area contributed by atoms with E-state index >= 15 is 0 Å². The highest BCUT2D eigenvalue weighted by Crippen LogP contribution is 2.38. The molecule has 0 aromatic carbocycles. The molecule has 2 aromatic heterocycles. The largest absolute Gasteiger partial charge is 0.319 e. The van der Waals surface area contributed by atoms with Gasteiger partial charge in [0.2, 0.25) is 0 Å². The van der Waals surface area contributed by atoms with Crippen molar-refractivity contribution in [1.82, 2.24) is 0 Å². The second-order valence-corrected chi connectivity index (χ2v) is 9.02. The number of hydrogen-bond acceptors (Lipinski definition) is 3. The lowest BCUT2D eigenvalue weighted by atomic mass is 9.95. The maximum absolute atomic E-state index is 6.51. The fraction of sp³-hybridized carbons (Fsp3) is 0.529. The van der Waals surface area contributed by atoms with Gasteiger partial charge in [-0.3, -0.25) is 0 Å². The highest BCUT2D eigenvalue weighted by Gasteiger charge is 2.21. The summed E-state index contributed by atoms with van der Waals surface area (Å²) in [6, 6.07) is 6.88. The Hall–Kier alpha value is -0.640. The molecule has 0 amide bonds. The minimum Gasteiger partial charge on any atom is -0.319 e. The maximum atomic E-state index is 6.51. The fourth-order valence-electron chi connectivity index (χ4n) is 2.73. The minimum absolute atomic E-state index is 0.0618. The van der Waals surface area contributed by atoms with Crippen LogP contribution in [0.4, 0.5) is 0 Å². The predicted octanol–water partition coefficient (Wildman–Crippen LogP) is 5.03. The van der Waals surface area contributed by atoms with E-state index in [-0.39, 0.29) is 11.5 Å². The van der Waals surface area contributed by atoms with Gasteiger partial charge in [-0.25, -0.2) is 0 Å². The Bertz CT molecular complexity index is 577. The first kappa shape index (κ1) is 14.3. The van der Waals surface area contributed by atoms with Gasteiger partial charge >= 0.3 is 0 Å². The molecule has 0 spiro atoms. The summed E-state index contributed by atoms with van der Waals surface area (Å²) >= 11 is 3.81. The highest BCUT2D eigenvalue weighted by molar-refractivity contribution is 7.13. The molecule has 0 radical (unpaired) electrons. The molecule has 108 valence electrons. The molecule has 1 nitrogen and oxygen atoms in total. The van der Waals surface area contributed by atoms with Gasteiger partial charge in [0.25, 0.3) is 0 Å². The summed E-state index contributed by atoms with van der Waals surface area (Å²) in [5.74, 6) is 0. The van der Waals surface area contributed by atoms with Crippen LogP contribution in [0.5, 0.6) is 0 Å². The van der Waals surface area contributed by atoms with Crippen LogP contribution in [0, 0.1) is 0 Å². The van der Waals surface area contributed by atoms with Crippen molar-refractivity contribution in [3.05, 3.63) is 43.3 Å². The fourth-order valence-corrected chi connectivity index (χ4v) is 5.17. The van der Waals surface area contributed by atoms with E-state index < -0.39 is 0 Å². The SMILES string of the molecule is CC(C)(C)c1ccc(C(N)c2cc3c(s2)CCCC3)s1. The molecule has 0 saturated carbocycles. The Labute approximate surface area is 129 Å². The van der Waals surface area contributed by atoms with Crippen LogP contribution in [0.15, 0.2) is 18.2 Å². The molecular formula is C17H23NS2. The lowest BCUT2D eigenvalue weighted by molar-refractivity contribution is 0.604. The number of rotatable bonds is 2. The van der Waals surface area contributed by atoms with Crippen molar-refractivity contribution in [1.29, 1.82) is 0 Å². The van der Waals surface area contributed by atoms with Crippen LogP contribution in [-0.2, 0) is 18.3 Å². The quantitative estimate of drug-likeness (QED) is 0.827. The third kappa shape index (κ3) is 2.72. The van der Waals surface area contributed by atoms with Crippen molar-refractivity contribution < 1.29 is 0 Å². The topological polar surface area (TPSA) is 26.0 Å². The lowest BCUT2D eigenvalue weighted by Gasteiger charge is -2.15. The van der Waals surface area contributed by atoms with E-state index in [2.05, 4.69) is 39.0 Å². The van der Waals surface area contributed by atoms with Crippen LogP contribution < -0.4 is 5.73 Å². The second-order valence-electron chi connectivity index (χ2n) is 6.73. The van der Waals surface area contributed by atoms with Gasteiger partial charge in [-0.2, -0.15) is 0 Å². The van der Waals surface area contributed by atoms with Crippen LogP contribution in [0.3, 0.4) is 0 Å². The normalized spacial score (nSPS) is 17.0. The van der Waals surface area contributed by atoms with Crippen molar-refractivity contribution in [3.8, 4) is 0 Å². The summed E-state index contributed by atoms with van der Waals surface area (Å²) in [5.41, 5.74) is 8.28. The number of aryl methyl sites for hydroxylation is 2. The zero-order valence-electron chi connectivity index (χ0n) is 12.5. The average molecular weight is 306 g/mol. The third-order valence-electron chi connectivity index (χ3n) is 3.99. The molecule has 0 aliphatic heterocycles. The average Bonchev–Trinajstić information content (AvgIpc) is 3.04. The Morgan fingerprint density at radius 3 is 2.45 bits per heavy atom. The van der Waals surface area contributed by atoms with E-state index in [0.29, 0.717) is 0 Å².